The van der Waals surface area contributed by atoms with Gasteiger partial charge in [-0.25, -0.2) is 26.7 Å². The number of benzene rings is 2. The van der Waals surface area contributed by atoms with Gasteiger partial charge in [0.25, 0.3) is 5.91 Å². The van der Waals surface area contributed by atoms with Crippen LogP contribution in [0.2, 0.25) is 0 Å². The molecule has 0 fully saturated rings. The van der Waals surface area contributed by atoms with Gasteiger partial charge in [0.05, 0.1) is 7.11 Å². The van der Waals surface area contributed by atoms with Crippen LogP contribution in [0.5, 0.6) is 5.75 Å². The van der Waals surface area contributed by atoms with Gasteiger partial charge in [-0.05, 0) is 29.7 Å². The average molecular weight is 429 g/mol. The Bertz CT molecular complexity index is 980. The molecule has 10 heteroatoms. The van der Waals surface area contributed by atoms with Crippen LogP contribution in [0.4, 0.5) is 22.0 Å². The zero-order valence-electron chi connectivity index (χ0n) is 15.9. The molecule has 0 unspecified atom stereocenters. The van der Waals surface area contributed by atoms with Crippen molar-refractivity contribution in [1.29, 1.82) is 0 Å². The van der Waals surface area contributed by atoms with Crippen LogP contribution in [0.3, 0.4) is 0 Å². The number of hydroxylamine groups is 2. The number of methoxy groups -OCH3 is 1. The van der Waals surface area contributed by atoms with Crippen molar-refractivity contribution < 1.29 is 41.1 Å². The summed E-state index contributed by atoms with van der Waals surface area (Å²) in [6.07, 6.45) is -0.0760. The van der Waals surface area contributed by atoms with Crippen molar-refractivity contribution in [1.82, 2.24) is 5.06 Å². The predicted octanol–water partition coefficient (Wildman–Crippen LogP) is 4.41. The number of nitrogens with zero attached hydrogens (tertiary/aromatic N) is 1. The van der Waals surface area contributed by atoms with E-state index in [0.717, 1.165) is 7.05 Å². The molecule has 0 N–H and O–H groups in total. The number of carbonyl (C=O) groups excluding carboxylic acids is 2. The van der Waals surface area contributed by atoms with E-state index in [1.165, 1.54) is 7.11 Å². The Balaban J connectivity index is 2.04. The average Bonchev–Trinajstić information content (AvgIpc) is 2.74. The van der Waals surface area contributed by atoms with E-state index >= 15 is 0 Å². The lowest BCUT2D eigenvalue weighted by Gasteiger charge is -2.17. The monoisotopic (exact) mass is 429 g/mol. The molecular formula is C20H16F5NO4. The SMILES string of the molecule is C=C(CCC(=O)N(C)OC(=O)c1c(F)c(F)c(F)c(F)c1F)c1cccc(OC)c1. The first-order valence-corrected chi connectivity index (χ1v) is 8.41. The molecule has 2 aromatic carbocycles. The van der Waals surface area contributed by atoms with Crippen LogP contribution in [0.1, 0.15) is 28.8 Å². The molecule has 0 heterocycles. The van der Waals surface area contributed by atoms with Crippen LogP contribution in [-0.4, -0.2) is 31.1 Å². The molecule has 0 saturated carbocycles. The first kappa shape index (κ1) is 22.9. The number of amides is 1. The number of rotatable bonds is 6. The van der Waals surface area contributed by atoms with E-state index in [0.29, 0.717) is 21.9 Å². The Morgan fingerprint density at radius 3 is 2.10 bits per heavy atom. The Labute approximate surface area is 168 Å². The highest BCUT2D eigenvalue weighted by Crippen LogP contribution is 2.25. The molecule has 0 aliphatic carbocycles. The number of hydrogen-bond donors (Lipinski definition) is 0. The van der Waals surface area contributed by atoms with Crippen molar-refractivity contribution >= 4 is 17.4 Å². The fourth-order valence-corrected chi connectivity index (χ4v) is 2.41. The van der Waals surface area contributed by atoms with Crippen LogP contribution >= 0.6 is 0 Å². The first-order valence-electron chi connectivity index (χ1n) is 8.41. The Morgan fingerprint density at radius 2 is 1.53 bits per heavy atom. The summed E-state index contributed by atoms with van der Waals surface area (Å²) in [5.41, 5.74) is -0.545. The third-order valence-corrected chi connectivity index (χ3v) is 4.10. The first-order chi connectivity index (χ1) is 14.1. The molecule has 5 nitrogen and oxygen atoms in total. The minimum atomic E-state index is -2.41. The van der Waals surface area contributed by atoms with Gasteiger partial charge in [0.2, 0.25) is 5.82 Å². The molecular weight excluding hydrogens is 413 g/mol. The summed E-state index contributed by atoms with van der Waals surface area (Å²) in [7, 11) is 2.44. The lowest BCUT2D eigenvalue weighted by Crippen LogP contribution is -2.31. The third-order valence-electron chi connectivity index (χ3n) is 4.10. The van der Waals surface area contributed by atoms with E-state index in [9.17, 15) is 31.5 Å². The molecule has 0 aliphatic heterocycles. The normalized spacial score (nSPS) is 10.5. The molecule has 0 bridgehead atoms. The number of ether oxygens (including phenoxy) is 1. The van der Waals surface area contributed by atoms with Gasteiger partial charge < -0.3 is 9.57 Å². The number of halogens is 5. The van der Waals surface area contributed by atoms with Gasteiger partial charge in [-0.15, -0.1) is 0 Å². The van der Waals surface area contributed by atoms with E-state index < -0.39 is 46.5 Å². The van der Waals surface area contributed by atoms with Crippen molar-refractivity contribution in [2.75, 3.05) is 14.2 Å². The molecule has 0 radical (unpaired) electrons. The van der Waals surface area contributed by atoms with Crippen LogP contribution in [0, 0.1) is 29.1 Å². The molecule has 2 rings (SSSR count). The van der Waals surface area contributed by atoms with E-state index in [4.69, 9.17) is 4.74 Å². The molecule has 1 amide bonds. The Kier molecular flexibility index (Phi) is 7.14. The number of allylic oxidation sites excluding steroid dienone is 1. The summed E-state index contributed by atoms with van der Waals surface area (Å²) in [4.78, 5) is 28.4. The minimum Gasteiger partial charge on any atom is -0.497 e. The summed E-state index contributed by atoms with van der Waals surface area (Å²) in [5, 5.41) is 0.346. The largest absolute Gasteiger partial charge is 0.497 e. The maximum Gasteiger partial charge on any atom is 0.369 e. The molecule has 0 saturated heterocycles. The molecule has 2 aromatic rings. The van der Waals surface area contributed by atoms with E-state index in [1.807, 2.05) is 0 Å². The van der Waals surface area contributed by atoms with Gasteiger partial charge in [-0.3, -0.25) is 4.79 Å². The van der Waals surface area contributed by atoms with E-state index in [1.54, 1.807) is 24.3 Å². The maximum absolute atomic E-state index is 13.7. The second kappa shape index (κ2) is 9.38. The minimum absolute atomic E-state index is 0.135. The number of hydrogen-bond acceptors (Lipinski definition) is 4. The van der Waals surface area contributed by atoms with E-state index in [2.05, 4.69) is 11.4 Å². The summed E-state index contributed by atoms with van der Waals surface area (Å²) in [6, 6.07) is 6.87. The van der Waals surface area contributed by atoms with Crippen molar-refractivity contribution in [3.63, 3.8) is 0 Å². The Hall–Kier alpha value is -3.43. The van der Waals surface area contributed by atoms with Gasteiger partial charge in [0.1, 0.15) is 11.3 Å². The zero-order valence-corrected chi connectivity index (χ0v) is 15.9. The zero-order chi connectivity index (χ0) is 22.6. The second-order valence-corrected chi connectivity index (χ2v) is 6.05. The molecule has 0 atom stereocenters. The van der Waals surface area contributed by atoms with E-state index in [-0.39, 0.29) is 12.8 Å². The van der Waals surface area contributed by atoms with Gasteiger partial charge in [0, 0.05) is 13.5 Å². The molecule has 0 spiro atoms. The van der Waals surface area contributed by atoms with Crippen LogP contribution in [-0.2, 0) is 9.63 Å². The summed E-state index contributed by atoms with van der Waals surface area (Å²) in [5.74, 6) is -13.9. The topological polar surface area (TPSA) is 55.8 Å². The molecule has 30 heavy (non-hydrogen) atoms. The van der Waals surface area contributed by atoms with Gasteiger partial charge in [-0.1, -0.05) is 18.7 Å². The van der Waals surface area contributed by atoms with Crippen molar-refractivity contribution in [2.24, 2.45) is 0 Å². The lowest BCUT2D eigenvalue weighted by atomic mass is 10.0. The van der Waals surface area contributed by atoms with Crippen molar-refractivity contribution in [3.05, 3.63) is 71.1 Å². The Morgan fingerprint density at radius 1 is 0.967 bits per heavy atom. The molecule has 0 aromatic heterocycles. The highest BCUT2D eigenvalue weighted by Gasteiger charge is 2.32. The maximum atomic E-state index is 13.7. The molecule has 160 valence electrons. The highest BCUT2D eigenvalue weighted by atomic mass is 19.2. The van der Waals surface area contributed by atoms with Crippen molar-refractivity contribution in [3.8, 4) is 5.75 Å². The highest BCUT2D eigenvalue weighted by molar-refractivity contribution is 5.91. The third kappa shape index (κ3) is 4.76. The smallest absolute Gasteiger partial charge is 0.369 e. The molecule has 0 aliphatic rings. The van der Waals surface area contributed by atoms with Crippen LogP contribution < -0.4 is 4.74 Å². The van der Waals surface area contributed by atoms with Gasteiger partial charge in [0.15, 0.2) is 23.3 Å². The number of carbonyl (C=O) groups is 2. The predicted molar refractivity (Wildman–Crippen MR) is 95.7 cm³/mol. The summed E-state index contributed by atoms with van der Waals surface area (Å²) in [6.45, 7) is 3.84. The lowest BCUT2D eigenvalue weighted by molar-refractivity contribution is -0.161. The van der Waals surface area contributed by atoms with Crippen LogP contribution in [0.15, 0.2) is 30.8 Å². The second-order valence-electron chi connectivity index (χ2n) is 6.05. The van der Waals surface area contributed by atoms with Crippen LogP contribution in [0.25, 0.3) is 5.57 Å². The summed E-state index contributed by atoms with van der Waals surface area (Å²) >= 11 is 0. The van der Waals surface area contributed by atoms with Crippen molar-refractivity contribution in [2.45, 2.75) is 12.8 Å². The quantitative estimate of drug-likeness (QED) is 0.295. The fourth-order valence-electron chi connectivity index (χ4n) is 2.41. The fraction of sp³-hybridized carbons (Fsp3) is 0.200. The van der Waals surface area contributed by atoms with Gasteiger partial charge >= 0.3 is 5.97 Å². The standard InChI is InChI=1S/C20H16F5NO4/c1-10(11-5-4-6-12(9-11)29-3)7-8-13(27)26(2)30-20(28)14-15(21)17(23)19(25)18(24)16(14)22/h4-6,9H,1,7-8H2,2-3H3. The van der Waals surface area contributed by atoms with Gasteiger partial charge in [-0.2, -0.15) is 5.06 Å². The summed E-state index contributed by atoms with van der Waals surface area (Å²) < 4.78 is 71.9.